The van der Waals surface area contributed by atoms with Gasteiger partial charge in [-0.25, -0.2) is 0 Å². The van der Waals surface area contributed by atoms with Crippen LogP contribution >= 0.6 is 11.6 Å². The summed E-state index contributed by atoms with van der Waals surface area (Å²) in [6, 6.07) is 3.93. The van der Waals surface area contributed by atoms with Gasteiger partial charge < -0.3 is 0 Å². The lowest BCUT2D eigenvalue weighted by Gasteiger charge is -2.03. The minimum Gasteiger partial charge on any atom is -0.258 e. The molecule has 0 radical (unpaired) electrons. The smallest absolute Gasteiger partial charge is 0.0442 e. The lowest BCUT2D eigenvalue weighted by atomic mass is 10.2. The molecule has 1 aromatic heterocycles. The first-order chi connectivity index (χ1) is 6.26. The van der Waals surface area contributed by atoms with Gasteiger partial charge in [-0.1, -0.05) is 38.3 Å². The van der Waals surface area contributed by atoms with Crippen molar-refractivity contribution in [2.24, 2.45) is 0 Å². The number of aryl methyl sites for hydroxylation is 2. The van der Waals surface area contributed by atoms with Crippen molar-refractivity contribution in [3.05, 3.63) is 28.5 Å². The molecule has 1 aromatic rings. The molecule has 0 aliphatic rings. The Kier molecular flexibility index (Phi) is 4.23. The van der Waals surface area contributed by atoms with E-state index >= 15 is 0 Å². The van der Waals surface area contributed by atoms with Crippen LogP contribution in [-0.4, -0.2) is 4.98 Å². The third-order valence-corrected chi connectivity index (χ3v) is 2.13. The van der Waals surface area contributed by atoms with Gasteiger partial charge in [0.25, 0.3) is 0 Å². The summed E-state index contributed by atoms with van der Waals surface area (Å²) in [5, 5.41) is 0.821. The number of aromatic nitrogens is 1. The molecule has 0 atom stereocenters. The average molecular weight is 198 g/mol. The summed E-state index contributed by atoms with van der Waals surface area (Å²) < 4.78 is 0. The third kappa shape index (κ3) is 3.35. The van der Waals surface area contributed by atoms with E-state index in [1.807, 2.05) is 12.1 Å². The van der Waals surface area contributed by atoms with Gasteiger partial charge >= 0.3 is 0 Å². The van der Waals surface area contributed by atoms with Gasteiger partial charge in [-0.3, -0.25) is 4.98 Å². The molecule has 72 valence electrons. The van der Waals surface area contributed by atoms with Crippen LogP contribution in [0.3, 0.4) is 0 Å². The molecule has 1 heterocycles. The Labute approximate surface area is 85.1 Å². The van der Waals surface area contributed by atoms with E-state index in [9.17, 15) is 0 Å². The lowest BCUT2D eigenvalue weighted by molar-refractivity contribution is 0.831. The highest BCUT2D eigenvalue weighted by Gasteiger charge is 1.99. The van der Waals surface area contributed by atoms with E-state index in [1.54, 1.807) is 0 Å². The molecule has 0 aromatic carbocycles. The molecule has 0 unspecified atom stereocenters. The molecule has 0 spiro atoms. The predicted molar refractivity (Wildman–Crippen MR) is 57.2 cm³/mol. The van der Waals surface area contributed by atoms with E-state index in [4.69, 9.17) is 11.6 Å². The van der Waals surface area contributed by atoms with Gasteiger partial charge in [0.1, 0.15) is 0 Å². The molecule has 0 bridgehead atoms. The van der Waals surface area contributed by atoms with E-state index in [-0.39, 0.29) is 0 Å². The summed E-state index contributed by atoms with van der Waals surface area (Å²) in [6.45, 7) is 4.31. The quantitative estimate of drug-likeness (QED) is 0.718. The van der Waals surface area contributed by atoms with Crippen molar-refractivity contribution >= 4 is 11.6 Å². The van der Waals surface area contributed by atoms with Crippen LogP contribution in [-0.2, 0) is 12.8 Å². The van der Waals surface area contributed by atoms with Crippen LogP contribution in [0.25, 0.3) is 0 Å². The number of hydrogen-bond donors (Lipinski definition) is 0. The highest BCUT2D eigenvalue weighted by atomic mass is 35.5. The van der Waals surface area contributed by atoms with Gasteiger partial charge in [0.2, 0.25) is 0 Å². The summed E-state index contributed by atoms with van der Waals surface area (Å²) in [7, 11) is 0. The van der Waals surface area contributed by atoms with Gasteiger partial charge in [-0.15, -0.1) is 0 Å². The Morgan fingerprint density at radius 1 is 1.08 bits per heavy atom. The SMILES string of the molecule is CCCc1cc(Cl)cc(CCC)n1. The Balaban J connectivity index is 2.83. The number of rotatable bonds is 4. The van der Waals surface area contributed by atoms with Crippen molar-refractivity contribution in [2.45, 2.75) is 39.5 Å². The molecule has 0 fully saturated rings. The summed E-state index contributed by atoms with van der Waals surface area (Å²) in [5.41, 5.74) is 2.25. The van der Waals surface area contributed by atoms with Gasteiger partial charge in [0, 0.05) is 16.4 Å². The first kappa shape index (κ1) is 10.5. The number of nitrogens with zero attached hydrogens (tertiary/aromatic N) is 1. The molecule has 0 N–H and O–H groups in total. The number of halogens is 1. The molecule has 2 heteroatoms. The zero-order chi connectivity index (χ0) is 9.68. The van der Waals surface area contributed by atoms with Gasteiger partial charge in [-0.2, -0.15) is 0 Å². The van der Waals surface area contributed by atoms with Crippen LogP contribution in [0.15, 0.2) is 12.1 Å². The van der Waals surface area contributed by atoms with E-state index in [2.05, 4.69) is 18.8 Å². The van der Waals surface area contributed by atoms with Crippen molar-refractivity contribution in [2.75, 3.05) is 0 Å². The summed E-state index contributed by atoms with van der Waals surface area (Å²) in [5.74, 6) is 0. The maximum Gasteiger partial charge on any atom is 0.0442 e. The molecule has 1 nitrogen and oxygen atoms in total. The third-order valence-electron chi connectivity index (χ3n) is 1.91. The van der Waals surface area contributed by atoms with E-state index in [0.717, 1.165) is 42.1 Å². The second-order valence-corrected chi connectivity index (χ2v) is 3.70. The van der Waals surface area contributed by atoms with Gasteiger partial charge in [0.15, 0.2) is 0 Å². The lowest BCUT2D eigenvalue weighted by Crippen LogP contribution is -1.95. The van der Waals surface area contributed by atoms with Crippen LogP contribution in [0, 0.1) is 0 Å². The Morgan fingerprint density at radius 2 is 1.54 bits per heavy atom. The Bertz CT molecular complexity index is 247. The van der Waals surface area contributed by atoms with Crippen molar-refractivity contribution in [3.8, 4) is 0 Å². The second kappa shape index (κ2) is 5.23. The predicted octanol–water partition coefficient (Wildman–Crippen LogP) is 3.64. The maximum atomic E-state index is 5.98. The summed E-state index contributed by atoms with van der Waals surface area (Å²) in [4.78, 5) is 4.53. The zero-order valence-corrected chi connectivity index (χ0v) is 9.06. The van der Waals surface area contributed by atoms with Crippen LogP contribution in [0.2, 0.25) is 5.02 Å². The molecular weight excluding hydrogens is 182 g/mol. The Hall–Kier alpha value is -0.560. The Morgan fingerprint density at radius 3 is 1.92 bits per heavy atom. The standard InChI is InChI=1S/C11H16ClN/c1-3-5-10-7-9(12)8-11(13-10)6-4-2/h7-8H,3-6H2,1-2H3. The highest BCUT2D eigenvalue weighted by Crippen LogP contribution is 2.14. The first-order valence-corrected chi connectivity index (χ1v) is 5.29. The molecule has 1 rings (SSSR count). The fraction of sp³-hybridized carbons (Fsp3) is 0.545. The topological polar surface area (TPSA) is 12.9 Å². The maximum absolute atomic E-state index is 5.98. The molecule has 0 aliphatic heterocycles. The molecule has 0 saturated carbocycles. The van der Waals surface area contributed by atoms with Crippen LogP contribution in [0.1, 0.15) is 38.1 Å². The van der Waals surface area contributed by atoms with Crippen LogP contribution < -0.4 is 0 Å². The summed E-state index contributed by atoms with van der Waals surface area (Å²) in [6.07, 6.45) is 4.30. The van der Waals surface area contributed by atoms with Gasteiger partial charge in [-0.05, 0) is 25.0 Å². The van der Waals surface area contributed by atoms with Crippen LogP contribution in [0.4, 0.5) is 0 Å². The van der Waals surface area contributed by atoms with E-state index < -0.39 is 0 Å². The second-order valence-electron chi connectivity index (χ2n) is 3.27. The fourth-order valence-corrected chi connectivity index (χ4v) is 1.63. The average Bonchev–Trinajstić information content (AvgIpc) is 2.04. The van der Waals surface area contributed by atoms with Gasteiger partial charge in [0.05, 0.1) is 0 Å². The van der Waals surface area contributed by atoms with E-state index in [0.29, 0.717) is 0 Å². The van der Waals surface area contributed by atoms with Crippen molar-refractivity contribution in [3.63, 3.8) is 0 Å². The minimum absolute atomic E-state index is 0.821. The molecular formula is C11H16ClN. The highest BCUT2D eigenvalue weighted by molar-refractivity contribution is 6.30. The normalized spacial score (nSPS) is 10.4. The molecule has 0 saturated heterocycles. The molecule has 0 amide bonds. The zero-order valence-electron chi connectivity index (χ0n) is 8.31. The number of pyridine rings is 1. The number of hydrogen-bond acceptors (Lipinski definition) is 1. The van der Waals surface area contributed by atoms with Crippen molar-refractivity contribution in [1.29, 1.82) is 0 Å². The van der Waals surface area contributed by atoms with Crippen molar-refractivity contribution in [1.82, 2.24) is 4.98 Å². The fourth-order valence-electron chi connectivity index (χ4n) is 1.38. The summed E-state index contributed by atoms with van der Waals surface area (Å²) >= 11 is 5.98. The van der Waals surface area contributed by atoms with E-state index in [1.165, 1.54) is 0 Å². The van der Waals surface area contributed by atoms with Crippen molar-refractivity contribution < 1.29 is 0 Å². The monoisotopic (exact) mass is 197 g/mol. The minimum atomic E-state index is 0.821. The first-order valence-electron chi connectivity index (χ1n) is 4.91. The molecule has 0 aliphatic carbocycles. The largest absolute Gasteiger partial charge is 0.258 e. The van der Waals surface area contributed by atoms with Crippen LogP contribution in [0.5, 0.6) is 0 Å². The molecule has 13 heavy (non-hydrogen) atoms.